The second-order valence-corrected chi connectivity index (χ2v) is 3.91. The molecule has 5 nitrogen and oxygen atoms in total. The Morgan fingerprint density at radius 1 is 1.80 bits per heavy atom. The monoisotopic (exact) mass is 223 g/mol. The smallest absolute Gasteiger partial charge is 0.317 e. The molecule has 1 N–H and O–H groups in total. The molecular formula is C9H9N3O2S. The number of nitrogens with zero attached hydrogens (tertiary/aromatic N) is 3. The van der Waals surface area contributed by atoms with Gasteiger partial charge in [0.2, 0.25) is 0 Å². The lowest BCUT2D eigenvalue weighted by molar-refractivity contribution is -0.136. The maximum atomic E-state index is 10.8. The van der Waals surface area contributed by atoms with E-state index in [0.29, 0.717) is 17.0 Å². The van der Waals surface area contributed by atoms with Crippen molar-refractivity contribution in [3.05, 3.63) is 17.8 Å². The first-order chi connectivity index (χ1) is 7.19. The van der Waals surface area contributed by atoms with Gasteiger partial charge in [-0.3, -0.25) is 4.79 Å². The summed E-state index contributed by atoms with van der Waals surface area (Å²) < 4.78 is 0. The minimum atomic E-state index is -0.906. The van der Waals surface area contributed by atoms with Crippen molar-refractivity contribution in [1.29, 1.82) is 5.26 Å². The highest BCUT2D eigenvalue weighted by Crippen LogP contribution is 2.25. The van der Waals surface area contributed by atoms with Crippen LogP contribution in [0.3, 0.4) is 0 Å². The van der Waals surface area contributed by atoms with Crippen LogP contribution in [0.1, 0.15) is 18.9 Å². The molecule has 0 fully saturated rings. The molecule has 0 saturated carbocycles. The van der Waals surface area contributed by atoms with Crippen molar-refractivity contribution in [3.63, 3.8) is 0 Å². The molecule has 0 radical (unpaired) electrons. The zero-order chi connectivity index (χ0) is 11.3. The number of nitriles is 1. The zero-order valence-electron chi connectivity index (χ0n) is 8.04. The van der Waals surface area contributed by atoms with Gasteiger partial charge in [-0.2, -0.15) is 10.4 Å². The van der Waals surface area contributed by atoms with Crippen LogP contribution in [0.5, 0.6) is 0 Å². The third-order valence-corrected chi connectivity index (χ3v) is 3.05. The minimum Gasteiger partial charge on any atom is -0.480 e. The van der Waals surface area contributed by atoms with Gasteiger partial charge in [-0.25, -0.2) is 0 Å². The molecule has 1 rings (SSSR count). The van der Waals surface area contributed by atoms with E-state index in [1.165, 1.54) is 12.3 Å². The number of hydrogen-bond acceptors (Lipinski definition) is 5. The molecular weight excluding hydrogens is 214 g/mol. The maximum Gasteiger partial charge on any atom is 0.317 e. The Morgan fingerprint density at radius 3 is 3.07 bits per heavy atom. The molecule has 0 aromatic carbocycles. The van der Waals surface area contributed by atoms with E-state index < -0.39 is 11.2 Å². The molecule has 1 aromatic heterocycles. The maximum absolute atomic E-state index is 10.8. The summed E-state index contributed by atoms with van der Waals surface area (Å²) in [6, 6.07) is 3.47. The number of carboxylic acids is 1. The van der Waals surface area contributed by atoms with Crippen LogP contribution in [0.2, 0.25) is 0 Å². The summed E-state index contributed by atoms with van der Waals surface area (Å²) in [5.74, 6) is -0.906. The highest BCUT2D eigenvalue weighted by atomic mass is 32.2. The van der Waals surface area contributed by atoms with Gasteiger partial charge in [-0.1, -0.05) is 18.7 Å². The lowest BCUT2D eigenvalue weighted by Crippen LogP contribution is -2.15. The summed E-state index contributed by atoms with van der Waals surface area (Å²) in [6.45, 7) is 1.77. The van der Waals surface area contributed by atoms with Gasteiger partial charge in [0.25, 0.3) is 0 Å². The zero-order valence-corrected chi connectivity index (χ0v) is 8.86. The topological polar surface area (TPSA) is 86.9 Å². The van der Waals surface area contributed by atoms with Crippen LogP contribution in [0.4, 0.5) is 0 Å². The van der Waals surface area contributed by atoms with E-state index >= 15 is 0 Å². The van der Waals surface area contributed by atoms with Gasteiger partial charge < -0.3 is 5.11 Å². The minimum absolute atomic E-state index is 0.356. The molecule has 78 valence electrons. The second kappa shape index (κ2) is 5.32. The fourth-order valence-electron chi connectivity index (χ4n) is 0.934. The van der Waals surface area contributed by atoms with E-state index in [-0.39, 0.29) is 0 Å². The van der Waals surface area contributed by atoms with Crippen molar-refractivity contribution in [2.24, 2.45) is 0 Å². The van der Waals surface area contributed by atoms with Crippen molar-refractivity contribution in [3.8, 4) is 6.07 Å². The van der Waals surface area contributed by atoms with Crippen LogP contribution < -0.4 is 0 Å². The van der Waals surface area contributed by atoms with Crippen molar-refractivity contribution >= 4 is 17.7 Å². The van der Waals surface area contributed by atoms with E-state index in [4.69, 9.17) is 10.4 Å². The van der Waals surface area contributed by atoms with Gasteiger partial charge >= 0.3 is 5.97 Å². The Bertz CT molecular complexity index is 403. The highest BCUT2D eigenvalue weighted by Gasteiger charge is 2.19. The number of aliphatic carboxylic acids is 1. The third-order valence-electron chi connectivity index (χ3n) is 1.71. The van der Waals surface area contributed by atoms with Crippen LogP contribution >= 0.6 is 11.8 Å². The first kappa shape index (κ1) is 11.5. The summed E-state index contributed by atoms with van der Waals surface area (Å²) in [7, 11) is 0. The van der Waals surface area contributed by atoms with Crippen molar-refractivity contribution < 1.29 is 9.90 Å². The predicted octanol–water partition coefficient (Wildman–Crippen LogP) is 1.30. The van der Waals surface area contributed by atoms with Crippen LogP contribution in [-0.4, -0.2) is 26.5 Å². The van der Waals surface area contributed by atoms with Gasteiger partial charge in [0.1, 0.15) is 16.3 Å². The molecule has 1 heterocycles. The first-order valence-corrected chi connectivity index (χ1v) is 5.18. The number of thioether (sulfide) groups is 1. The fraction of sp³-hybridized carbons (Fsp3) is 0.333. The van der Waals surface area contributed by atoms with Crippen LogP contribution in [-0.2, 0) is 4.79 Å². The lowest BCUT2D eigenvalue weighted by atomic mass is 10.3. The van der Waals surface area contributed by atoms with Crippen LogP contribution in [0, 0.1) is 11.3 Å². The van der Waals surface area contributed by atoms with Gasteiger partial charge in [-0.05, 0) is 12.5 Å². The van der Waals surface area contributed by atoms with Gasteiger partial charge in [0.15, 0.2) is 0 Å². The van der Waals surface area contributed by atoms with E-state index in [2.05, 4.69) is 10.2 Å². The second-order valence-electron chi connectivity index (χ2n) is 2.71. The molecule has 0 spiro atoms. The average molecular weight is 223 g/mol. The molecule has 1 unspecified atom stereocenters. The summed E-state index contributed by atoms with van der Waals surface area (Å²) in [5, 5.41) is 24.8. The standard InChI is InChI=1S/C9H9N3O2S/c1-2-7(9(13)14)15-8-6(5-10)3-4-11-12-8/h3-4,7H,2H2,1H3,(H,13,14). The van der Waals surface area contributed by atoms with E-state index in [1.54, 1.807) is 6.92 Å². The molecule has 0 amide bonds. The summed E-state index contributed by atoms with van der Waals surface area (Å²) in [6.07, 6.45) is 1.88. The third kappa shape index (κ3) is 2.92. The molecule has 0 aliphatic heterocycles. The molecule has 1 atom stereocenters. The van der Waals surface area contributed by atoms with E-state index in [1.807, 2.05) is 6.07 Å². The van der Waals surface area contributed by atoms with Crippen molar-refractivity contribution in [1.82, 2.24) is 10.2 Å². The highest BCUT2D eigenvalue weighted by molar-refractivity contribution is 8.00. The summed E-state index contributed by atoms with van der Waals surface area (Å²) >= 11 is 1.05. The molecule has 1 aromatic rings. The Morgan fingerprint density at radius 2 is 2.53 bits per heavy atom. The van der Waals surface area contributed by atoms with Crippen LogP contribution in [0.15, 0.2) is 17.3 Å². The Balaban J connectivity index is 2.89. The molecule has 6 heteroatoms. The summed E-state index contributed by atoms with van der Waals surface area (Å²) in [5.41, 5.74) is 0.356. The SMILES string of the molecule is CCC(Sc1nnccc1C#N)C(=O)O. The Hall–Kier alpha value is -1.61. The van der Waals surface area contributed by atoms with Crippen molar-refractivity contribution in [2.45, 2.75) is 23.6 Å². The fourth-order valence-corrected chi connectivity index (χ4v) is 1.81. The number of carboxylic acid groups (broad SMARTS) is 1. The van der Waals surface area contributed by atoms with Gasteiger partial charge in [0.05, 0.1) is 11.8 Å². The Kier molecular flexibility index (Phi) is 4.06. The van der Waals surface area contributed by atoms with Gasteiger partial charge in [0, 0.05) is 0 Å². The van der Waals surface area contributed by atoms with Gasteiger partial charge in [-0.15, -0.1) is 5.10 Å². The Labute approximate surface area is 91.1 Å². The molecule has 0 bridgehead atoms. The molecule has 0 aliphatic rings. The molecule has 0 saturated heterocycles. The quantitative estimate of drug-likeness (QED) is 0.774. The largest absolute Gasteiger partial charge is 0.480 e. The predicted molar refractivity (Wildman–Crippen MR) is 54.3 cm³/mol. The molecule has 0 aliphatic carbocycles. The lowest BCUT2D eigenvalue weighted by Gasteiger charge is -2.08. The van der Waals surface area contributed by atoms with E-state index in [0.717, 1.165) is 11.8 Å². The van der Waals surface area contributed by atoms with Crippen molar-refractivity contribution in [2.75, 3.05) is 0 Å². The average Bonchev–Trinajstić information content (AvgIpc) is 2.25. The number of aromatic nitrogens is 2. The number of hydrogen-bond donors (Lipinski definition) is 1. The number of carbonyl (C=O) groups is 1. The summed E-state index contributed by atoms with van der Waals surface area (Å²) in [4.78, 5) is 10.8. The number of rotatable bonds is 4. The molecule has 15 heavy (non-hydrogen) atoms. The van der Waals surface area contributed by atoms with E-state index in [9.17, 15) is 4.79 Å². The normalized spacial score (nSPS) is 11.7. The first-order valence-electron chi connectivity index (χ1n) is 4.30. The van der Waals surface area contributed by atoms with Crippen LogP contribution in [0.25, 0.3) is 0 Å².